The molecule has 6 heteroatoms. The van der Waals surface area contributed by atoms with Gasteiger partial charge >= 0.3 is 12.1 Å². The lowest BCUT2D eigenvalue weighted by molar-refractivity contribution is -0.143. The second kappa shape index (κ2) is 4.52. The van der Waals surface area contributed by atoms with Crippen molar-refractivity contribution in [3.63, 3.8) is 0 Å². The fourth-order valence-corrected chi connectivity index (χ4v) is 1.87. The average molecular weight is 244 g/mol. The van der Waals surface area contributed by atoms with Gasteiger partial charge in [0.2, 0.25) is 0 Å². The van der Waals surface area contributed by atoms with Crippen molar-refractivity contribution in [2.24, 2.45) is 5.73 Å². The van der Waals surface area contributed by atoms with Crippen LogP contribution in [0.15, 0.2) is 0 Å². The number of carbonyl (C=O) groups excluding carboxylic acids is 1. The van der Waals surface area contributed by atoms with Crippen molar-refractivity contribution < 1.29 is 19.4 Å². The quantitative estimate of drug-likeness (QED) is 0.668. The number of rotatable bonds is 2. The molecular weight excluding hydrogens is 224 g/mol. The molecule has 1 aliphatic carbocycles. The number of carbonyl (C=O) groups is 2. The lowest BCUT2D eigenvalue weighted by Gasteiger charge is -2.22. The molecule has 98 valence electrons. The highest BCUT2D eigenvalue weighted by Crippen LogP contribution is 2.28. The minimum absolute atomic E-state index is 0.231. The summed E-state index contributed by atoms with van der Waals surface area (Å²) in [6, 6.07) is -0.231. The van der Waals surface area contributed by atoms with Gasteiger partial charge < -0.3 is 20.9 Å². The standard InChI is InChI=1S/C11H20N2O4/c1-10(2,3)17-9(16)13-7-4-5-11(12,6-7)8(14)15/h7H,4-6,12H2,1-3H3,(H,13,16)(H,14,15). The average Bonchev–Trinajstić information content (AvgIpc) is 2.45. The molecule has 1 fully saturated rings. The van der Waals surface area contributed by atoms with Gasteiger partial charge in [0.15, 0.2) is 0 Å². The SMILES string of the molecule is CC(C)(C)OC(=O)NC1CCC(N)(C(=O)O)C1. The molecule has 1 saturated carbocycles. The van der Waals surface area contributed by atoms with E-state index in [0.717, 1.165) is 0 Å². The maximum atomic E-state index is 11.5. The third-order valence-corrected chi connectivity index (χ3v) is 2.70. The van der Waals surface area contributed by atoms with Crippen LogP contribution >= 0.6 is 0 Å². The summed E-state index contributed by atoms with van der Waals surface area (Å²) in [5.74, 6) is -1.02. The number of amides is 1. The number of hydrogen-bond donors (Lipinski definition) is 3. The Morgan fingerprint density at radius 1 is 1.47 bits per heavy atom. The zero-order valence-electron chi connectivity index (χ0n) is 10.4. The Hall–Kier alpha value is -1.30. The van der Waals surface area contributed by atoms with Crippen LogP contribution in [-0.4, -0.2) is 34.4 Å². The van der Waals surface area contributed by atoms with Crippen LogP contribution in [0.4, 0.5) is 4.79 Å². The summed E-state index contributed by atoms with van der Waals surface area (Å²) in [5, 5.41) is 11.6. The van der Waals surface area contributed by atoms with E-state index in [4.69, 9.17) is 15.6 Å². The molecule has 4 N–H and O–H groups in total. The Morgan fingerprint density at radius 3 is 2.47 bits per heavy atom. The van der Waals surface area contributed by atoms with Crippen LogP contribution in [0.25, 0.3) is 0 Å². The number of carboxylic acids is 1. The van der Waals surface area contributed by atoms with Crippen LogP contribution in [0.3, 0.4) is 0 Å². The zero-order valence-corrected chi connectivity index (χ0v) is 10.4. The van der Waals surface area contributed by atoms with Crippen molar-refractivity contribution in [3.05, 3.63) is 0 Å². The predicted octanol–water partition coefficient (Wildman–Crippen LogP) is 0.846. The number of carboxylic acid groups (broad SMARTS) is 1. The van der Waals surface area contributed by atoms with E-state index < -0.39 is 23.2 Å². The molecule has 6 nitrogen and oxygen atoms in total. The van der Waals surface area contributed by atoms with Gasteiger partial charge in [0.05, 0.1) is 0 Å². The van der Waals surface area contributed by atoms with Gasteiger partial charge in [-0.2, -0.15) is 0 Å². The van der Waals surface area contributed by atoms with E-state index in [0.29, 0.717) is 12.8 Å². The van der Waals surface area contributed by atoms with Crippen LogP contribution in [0.1, 0.15) is 40.0 Å². The van der Waals surface area contributed by atoms with Crippen molar-refractivity contribution in [1.29, 1.82) is 0 Å². The predicted molar refractivity (Wildman–Crippen MR) is 61.6 cm³/mol. The van der Waals surface area contributed by atoms with E-state index in [-0.39, 0.29) is 12.5 Å². The molecule has 1 rings (SSSR count). The molecule has 0 bridgehead atoms. The molecule has 0 aromatic rings. The van der Waals surface area contributed by atoms with Gasteiger partial charge in [-0.3, -0.25) is 4.79 Å². The van der Waals surface area contributed by atoms with Gasteiger partial charge in [0.25, 0.3) is 0 Å². The largest absolute Gasteiger partial charge is 0.480 e. The molecule has 0 heterocycles. The summed E-state index contributed by atoms with van der Waals surface area (Å²) in [7, 11) is 0. The van der Waals surface area contributed by atoms with E-state index >= 15 is 0 Å². The second-order valence-electron chi connectivity index (χ2n) is 5.55. The third-order valence-electron chi connectivity index (χ3n) is 2.70. The summed E-state index contributed by atoms with van der Waals surface area (Å²) in [6.45, 7) is 5.31. The first kappa shape index (κ1) is 13.8. The lowest BCUT2D eigenvalue weighted by atomic mass is 9.99. The number of hydrogen-bond acceptors (Lipinski definition) is 4. The number of ether oxygens (including phenoxy) is 1. The Kier molecular flexibility index (Phi) is 3.66. The molecule has 0 spiro atoms. The van der Waals surface area contributed by atoms with Gasteiger partial charge in [0.1, 0.15) is 11.1 Å². The van der Waals surface area contributed by atoms with Crippen LogP contribution in [0.2, 0.25) is 0 Å². The van der Waals surface area contributed by atoms with E-state index in [2.05, 4.69) is 5.32 Å². The summed E-state index contributed by atoms with van der Waals surface area (Å²) in [6.07, 6.45) is 0.629. The smallest absolute Gasteiger partial charge is 0.407 e. The van der Waals surface area contributed by atoms with Crippen LogP contribution in [0, 0.1) is 0 Å². The van der Waals surface area contributed by atoms with E-state index in [1.54, 1.807) is 20.8 Å². The number of nitrogens with one attached hydrogen (secondary N) is 1. The van der Waals surface area contributed by atoms with Crippen LogP contribution in [0.5, 0.6) is 0 Å². The maximum absolute atomic E-state index is 11.5. The number of alkyl carbamates (subject to hydrolysis) is 1. The first-order valence-corrected chi connectivity index (χ1v) is 5.64. The van der Waals surface area contributed by atoms with Gasteiger partial charge in [-0.25, -0.2) is 4.79 Å². The highest BCUT2D eigenvalue weighted by molar-refractivity contribution is 5.79. The molecule has 17 heavy (non-hydrogen) atoms. The van der Waals surface area contributed by atoms with Crippen molar-refractivity contribution in [3.8, 4) is 0 Å². The Balaban J connectivity index is 2.46. The fraction of sp³-hybridized carbons (Fsp3) is 0.818. The molecule has 2 unspecified atom stereocenters. The van der Waals surface area contributed by atoms with E-state index in [9.17, 15) is 9.59 Å². The molecular formula is C11H20N2O4. The highest BCUT2D eigenvalue weighted by Gasteiger charge is 2.42. The maximum Gasteiger partial charge on any atom is 0.407 e. The third kappa shape index (κ3) is 3.89. The minimum atomic E-state index is -1.22. The van der Waals surface area contributed by atoms with Gasteiger partial charge in [0, 0.05) is 6.04 Å². The van der Waals surface area contributed by atoms with Crippen molar-refractivity contribution in [2.75, 3.05) is 0 Å². The lowest BCUT2D eigenvalue weighted by Crippen LogP contribution is -2.47. The second-order valence-corrected chi connectivity index (χ2v) is 5.55. The normalized spacial score (nSPS) is 28.8. The first-order valence-electron chi connectivity index (χ1n) is 5.64. The molecule has 0 radical (unpaired) electrons. The van der Waals surface area contributed by atoms with Crippen LogP contribution < -0.4 is 11.1 Å². The zero-order chi connectivity index (χ0) is 13.3. The summed E-state index contributed by atoms with van der Waals surface area (Å²) < 4.78 is 5.09. The highest BCUT2D eigenvalue weighted by atomic mass is 16.6. The Labute approximate surface area is 101 Å². The Bertz CT molecular complexity index is 324. The number of nitrogens with two attached hydrogens (primary N) is 1. The molecule has 1 aliphatic rings. The molecule has 0 aromatic heterocycles. The van der Waals surface area contributed by atoms with Crippen molar-refractivity contribution in [2.45, 2.75) is 57.2 Å². The van der Waals surface area contributed by atoms with Crippen molar-refractivity contribution in [1.82, 2.24) is 5.32 Å². The fourth-order valence-electron chi connectivity index (χ4n) is 1.87. The summed E-state index contributed by atoms with van der Waals surface area (Å²) in [5.41, 5.74) is 3.92. The summed E-state index contributed by atoms with van der Waals surface area (Å²) >= 11 is 0. The topological polar surface area (TPSA) is 102 Å². The van der Waals surface area contributed by atoms with Gasteiger partial charge in [-0.05, 0) is 40.0 Å². The van der Waals surface area contributed by atoms with E-state index in [1.807, 2.05) is 0 Å². The van der Waals surface area contributed by atoms with E-state index in [1.165, 1.54) is 0 Å². The van der Waals surface area contributed by atoms with Crippen molar-refractivity contribution >= 4 is 12.1 Å². The van der Waals surface area contributed by atoms with Crippen LogP contribution in [-0.2, 0) is 9.53 Å². The number of aliphatic carboxylic acids is 1. The van der Waals surface area contributed by atoms with Gasteiger partial charge in [-0.1, -0.05) is 0 Å². The minimum Gasteiger partial charge on any atom is -0.480 e. The molecule has 1 amide bonds. The molecule has 0 aromatic carbocycles. The van der Waals surface area contributed by atoms with Gasteiger partial charge in [-0.15, -0.1) is 0 Å². The first-order chi connectivity index (χ1) is 7.62. The summed E-state index contributed by atoms with van der Waals surface area (Å²) in [4.78, 5) is 22.4. The molecule has 0 aliphatic heterocycles. The monoisotopic (exact) mass is 244 g/mol. The molecule has 0 saturated heterocycles. The molecule has 2 atom stereocenters. The Morgan fingerprint density at radius 2 is 2.06 bits per heavy atom.